The Morgan fingerprint density at radius 1 is 1.18 bits per heavy atom. The molecule has 0 aliphatic carbocycles. The third kappa shape index (κ3) is 5.80. The second kappa shape index (κ2) is 9.70. The first-order chi connectivity index (χ1) is 13.5. The van der Waals surface area contributed by atoms with Crippen LogP contribution in [0.25, 0.3) is 0 Å². The van der Waals surface area contributed by atoms with Gasteiger partial charge in [0, 0.05) is 19.0 Å². The normalized spacial score (nSPS) is 12.9. The summed E-state index contributed by atoms with van der Waals surface area (Å²) < 4.78 is 16.1. The van der Waals surface area contributed by atoms with E-state index in [1.807, 2.05) is 6.07 Å². The lowest BCUT2D eigenvalue weighted by atomic mass is 10.2. The molecular formula is C18H20ClN3O5S. The van der Waals surface area contributed by atoms with Crippen molar-refractivity contribution in [3.05, 3.63) is 34.5 Å². The van der Waals surface area contributed by atoms with Crippen LogP contribution < -0.4 is 20.1 Å². The predicted molar refractivity (Wildman–Crippen MR) is 106 cm³/mol. The molecular weight excluding hydrogens is 406 g/mol. The second-order valence-electron chi connectivity index (χ2n) is 6.10. The SMILES string of the molecule is Cc1cc(NC(=O)CSCC(=O)NCc2cc(Cl)c3c(c2)OCCCO3)no1. The average molecular weight is 426 g/mol. The Bertz CT molecular complexity index is 858. The van der Waals surface area contributed by atoms with Crippen molar-refractivity contribution in [1.29, 1.82) is 0 Å². The lowest BCUT2D eigenvalue weighted by Gasteiger charge is -2.12. The fourth-order valence-electron chi connectivity index (χ4n) is 2.48. The fraction of sp³-hybridized carbons (Fsp3) is 0.389. The van der Waals surface area contributed by atoms with Crippen LogP contribution in [0.4, 0.5) is 5.82 Å². The molecule has 1 aliphatic heterocycles. The molecule has 0 unspecified atom stereocenters. The molecule has 0 fully saturated rings. The minimum Gasteiger partial charge on any atom is -0.489 e. The highest BCUT2D eigenvalue weighted by molar-refractivity contribution is 8.00. The highest BCUT2D eigenvalue weighted by Gasteiger charge is 2.16. The molecule has 2 heterocycles. The van der Waals surface area contributed by atoms with Gasteiger partial charge in [-0.25, -0.2) is 0 Å². The standard InChI is InChI=1S/C18H20ClN3O5S/c1-11-5-15(22-27-11)21-17(24)10-28-9-16(23)20-8-12-6-13(19)18-14(7-12)25-3-2-4-26-18/h5-7H,2-4,8-10H2,1H3,(H,20,23)(H,21,22,24). The molecule has 3 rings (SSSR count). The van der Waals surface area contributed by atoms with E-state index in [1.54, 1.807) is 19.1 Å². The van der Waals surface area contributed by atoms with Gasteiger partial charge in [0.05, 0.1) is 29.7 Å². The van der Waals surface area contributed by atoms with Crippen LogP contribution in [0.15, 0.2) is 22.7 Å². The number of benzene rings is 1. The van der Waals surface area contributed by atoms with Gasteiger partial charge in [-0.2, -0.15) is 0 Å². The van der Waals surface area contributed by atoms with Gasteiger partial charge >= 0.3 is 0 Å². The molecule has 1 aliphatic rings. The van der Waals surface area contributed by atoms with Gasteiger partial charge in [-0.3, -0.25) is 9.59 Å². The van der Waals surface area contributed by atoms with Crippen LogP contribution in [0.5, 0.6) is 11.5 Å². The minimum absolute atomic E-state index is 0.134. The summed E-state index contributed by atoms with van der Waals surface area (Å²) in [5, 5.41) is 9.54. The molecule has 28 heavy (non-hydrogen) atoms. The summed E-state index contributed by atoms with van der Waals surface area (Å²) in [4.78, 5) is 23.8. The summed E-state index contributed by atoms with van der Waals surface area (Å²) in [5.74, 6) is 1.95. The smallest absolute Gasteiger partial charge is 0.235 e. The fourth-order valence-corrected chi connectivity index (χ4v) is 3.41. The quantitative estimate of drug-likeness (QED) is 0.703. The van der Waals surface area contributed by atoms with E-state index in [4.69, 9.17) is 25.6 Å². The van der Waals surface area contributed by atoms with Gasteiger partial charge in [-0.05, 0) is 24.6 Å². The van der Waals surface area contributed by atoms with Gasteiger partial charge in [-0.1, -0.05) is 16.8 Å². The summed E-state index contributed by atoms with van der Waals surface area (Å²) >= 11 is 7.45. The van der Waals surface area contributed by atoms with Crippen LogP contribution in [0.1, 0.15) is 17.7 Å². The van der Waals surface area contributed by atoms with E-state index in [0.29, 0.717) is 47.9 Å². The third-order valence-electron chi connectivity index (χ3n) is 3.71. The summed E-state index contributed by atoms with van der Waals surface area (Å²) in [5.41, 5.74) is 0.812. The zero-order valence-corrected chi connectivity index (χ0v) is 16.8. The number of amides is 2. The lowest BCUT2D eigenvalue weighted by molar-refractivity contribution is -0.118. The molecule has 0 spiro atoms. The van der Waals surface area contributed by atoms with Crippen molar-refractivity contribution in [3.8, 4) is 11.5 Å². The first kappa shape index (κ1) is 20.3. The number of carbonyl (C=O) groups is 2. The number of carbonyl (C=O) groups excluding carboxylic acids is 2. The van der Waals surface area contributed by atoms with E-state index in [2.05, 4.69) is 15.8 Å². The van der Waals surface area contributed by atoms with E-state index in [0.717, 1.165) is 12.0 Å². The minimum atomic E-state index is -0.249. The monoisotopic (exact) mass is 425 g/mol. The van der Waals surface area contributed by atoms with Gasteiger partial charge in [0.1, 0.15) is 5.76 Å². The molecule has 2 amide bonds. The summed E-state index contributed by atoms with van der Waals surface area (Å²) in [6.45, 7) is 3.16. The Morgan fingerprint density at radius 3 is 2.75 bits per heavy atom. The zero-order valence-electron chi connectivity index (χ0n) is 15.2. The maximum atomic E-state index is 12.0. The summed E-state index contributed by atoms with van der Waals surface area (Å²) in [7, 11) is 0. The molecule has 10 heteroatoms. The van der Waals surface area contributed by atoms with Crippen LogP contribution in [0, 0.1) is 6.92 Å². The Kier molecular flexibility index (Phi) is 7.05. The van der Waals surface area contributed by atoms with E-state index >= 15 is 0 Å². The van der Waals surface area contributed by atoms with Crippen molar-refractivity contribution in [1.82, 2.24) is 10.5 Å². The molecule has 0 saturated carbocycles. The summed E-state index contributed by atoms with van der Waals surface area (Å²) in [6.07, 6.45) is 0.790. The van der Waals surface area contributed by atoms with Crippen molar-refractivity contribution in [2.45, 2.75) is 19.9 Å². The first-order valence-electron chi connectivity index (χ1n) is 8.67. The third-order valence-corrected chi connectivity index (χ3v) is 4.93. The molecule has 8 nitrogen and oxygen atoms in total. The Morgan fingerprint density at radius 2 is 1.96 bits per heavy atom. The number of aromatic nitrogens is 1. The van der Waals surface area contributed by atoms with Crippen molar-refractivity contribution in [3.63, 3.8) is 0 Å². The number of hydrogen-bond donors (Lipinski definition) is 2. The maximum Gasteiger partial charge on any atom is 0.235 e. The van der Waals surface area contributed by atoms with Crippen LogP contribution in [-0.2, 0) is 16.1 Å². The van der Waals surface area contributed by atoms with Crippen molar-refractivity contribution >= 4 is 41.0 Å². The van der Waals surface area contributed by atoms with Crippen molar-refractivity contribution < 1.29 is 23.6 Å². The second-order valence-corrected chi connectivity index (χ2v) is 7.49. The van der Waals surface area contributed by atoms with E-state index in [1.165, 1.54) is 11.8 Å². The molecule has 1 aromatic carbocycles. The Hall–Kier alpha value is -2.39. The van der Waals surface area contributed by atoms with Gasteiger partial charge < -0.3 is 24.6 Å². The number of aryl methyl sites for hydroxylation is 1. The van der Waals surface area contributed by atoms with E-state index in [9.17, 15) is 9.59 Å². The number of hydrogen-bond acceptors (Lipinski definition) is 7. The topological polar surface area (TPSA) is 103 Å². The number of ether oxygens (including phenoxy) is 2. The van der Waals surface area contributed by atoms with Crippen molar-refractivity contribution in [2.24, 2.45) is 0 Å². The molecule has 1 aromatic heterocycles. The highest BCUT2D eigenvalue weighted by Crippen LogP contribution is 2.37. The van der Waals surface area contributed by atoms with E-state index < -0.39 is 0 Å². The van der Waals surface area contributed by atoms with Gasteiger partial charge in [0.2, 0.25) is 11.8 Å². The van der Waals surface area contributed by atoms with Gasteiger partial charge in [0.15, 0.2) is 17.3 Å². The number of fused-ring (bicyclic) bond motifs is 1. The Labute approximate surface area is 171 Å². The van der Waals surface area contributed by atoms with Crippen molar-refractivity contribution in [2.75, 3.05) is 30.0 Å². The molecule has 0 radical (unpaired) electrons. The number of halogens is 1. The number of anilines is 1. The van der Waals surface area contributed by atoms with Gasteiger partial charge in [-0.15, -0.1) is 11.8 Å². The first-order valence-corrected chi connectivity index (χ1v) is 10.2. The molecule has 0 saturated heterocycles. The van der Waals surface area contributed by atoms with Crippen LogP contribution in [-0.4, -0.2) is 41.7 Å². The zero-order chi connectivity index (χ0) is 19.9. The average Bonchev–Trinajstić information content (AvgIpc) is 2.91. The lowest BCUT2D eigenvalue weighted by Crippen LogP contribution is -2.25. The molecule has 150 valence electrons. The molecule has 0 bridgehead atoms. The van der Waals surface area contributed by atoms with Crippen LogP contribution in [0.2, 0.25) is 5.02 Å². The predicted octanol–water partition coefficient (Wildman–Crippen LogP) is 2.79. The molecule has 0 atom stereocenters. The largest absolute Gasteiger partial charge is 0.489 e. The molecule has 2 aromatic rings. The van der Waals surface area contributed by atoms with Gasteiger partial charge in [0.25, 0.3) is 0 Å². The van der Waals surface area contributed by atoms with E-state index in [-0.39, 0.29) is 23.3 Å². The number of nitrogens with one attached hydrogen (secondary N) is 2. The highest BCUT2D eigenvalue weighted by atomic mass is 35.5. The number of nitrogens with zero attached hydrogens (tertiary/aromatic N) is 1. The maximum absolute atomic E-state index is 12.0. The number of thioether (sulfide) groups is 1. The van der Waals surface area contributed by atoms with Crippen LogP contribution >= 0.6 is 23.4 Å². The van der Waals surface area contributed by atoms with Crippen LogP contribution in [0.3, 0.4) is 0 Å². The Balaban J connectivity index is 1.41. The summed E-state index contributed by atoms with van der Waals surface area (Å²) in [6, 6.07) is 5.18. The number of rotatable bonds is 7. The molecule has 2 N–H and O–H groups in total.